The molecule has 0 spiro atoms. The minimum absolute atomic E-state index is 0.0196. The molecule has 0 aliphatic carbocycles. The number of benzene rings is 2. The summed E-state index contributed by atoms with van der Waals surface area (Å²) in [6.45, 7) is 2.82. The van der Waals surface area contributed by atoms with Crippen molar-refractivity contribution in [3.05, 3.63) is 60.2 Å². The number of hydrogen-bond donors (Lipinski definition) is 1. The van der Waals surface area contributed by atoms with Crippen LogP contribution in [-0.4, -0.2) is 22.6 Å². The first-order valence-corrected chi connectivity index (χ1v) is 8.77. The molecule has 1 amide bonds. The zero-order chi connectivity index (χ0) is 17.9. The van der Waals surface area contributed by atoms with Crippen LogP contribution in [0.25, 0.3) is 11.5 Å². The van der Waals surface area contributed by atoms with Crippen molar-refractivity contribution in [3.8, 4) is 11.5 Å². The van der Waals surface area contributed by atoms with E-state index in [1.165, 1.54) is 0 Å². The fourth-order valence-electron chi connectivity index (χ4n) is 3.14. The van der Waals surface area contributed by atoms with Crippen molar-refractivity contribution in [1.29, 1.82) is 0 Å². The van der Waals surface area contributed by atoms with E-state index in [0.29, 0.717) is 18.3 Å². The maximum Gasteiger partial charge on any atom is 0.264 e. The van der Waals surface area contributed by atoms with Crippen molar-refractivity contribution in [3.63, 3.8) is 0 Å². The van der Waals surface area contributed by atoms with Gasteiger partial charge < -0.3 is 14.7 Å². The van der Waals surface area contributed by atoms with Gasteiger partial charge >= 0.3 is 0 Å². The smallest absolute Gasteiger partial charge is 0.264 e. The van der Waals surface area contributed by atoms with E-state index in [2.05, 4.69) is 15.5 Å². The summed E-state index contributed by atoms with van der Waals surface area (Å²) in [5.41, 5.74) is 2.89. The molecule has 2 heterocycles. The van der Waals surface area contributed by atoms with Gasteiger partial charge in [-0.3, -0.25) is 4.79 Å². The van der Waals surface area contributed by atoms with Crippen molar-refractivity contribution >= 4 is 17.5 Å². The quantitative estimate of drug-likeness (QED) is 0.753. The molecule has 1 aromatic heterocycles. The zero-order valence-electron chi connectivity index (χ0n) is 14.6. The summed E-state index contributed by atoms with van der Waals surface area (Å²) in [4.78, 5) is 18.2. The number of anilines is 2. The molecule has 26 heavy (non-hydrogen) atoms. The third kappa shape index (κ3) is 3.31. The Balaban J connectivity index is 1.49. The first-order valence-electron chi connectivity index (χ1n) is 8.77. The van der Waals surface area contributed by atoms with Crippen LogP contribution in [0.3, 0.4) is 0 Å². The highest BCUT2D eigenvalue weighted by Crippen LogP contribution is 2.26. The average molecular weight is 348 g/mol. The number of hydrogen-bond acceptors (Lipinski definition) is 5. The van der Waals surface area contributed by atoms with Crippen LogP contribution in [0.5, 0.6) is 0 Å². The molecule has 132 valence electrons. The average Bonchev–Trinajstić information content (AvgIpc) is 3.31. The lowest BCUT2D eigenvalue weighted by molar-refractivity contribution is -0.117. The van der Waals surface area contributed by atoms with Crippen LogP contribution in [0, 0.1) is 0 Å². The van der Waals surface area contributed by atoms with E-state index < -0.39 is 0 Å². The van der Waals surface area contributed by atoms with E-state index in [9.17, 15) is 4.79 Å². The number of carbonyl (C=O) groups is 1. The Labute approximate surface area is 151 Å². The fraction of sp³-hybridized carbons (Fsp3) is 0.250. The number of carbonyl (C=O) groups excluding carboxylic acids is 1. The van der Waals surface area contributed by atoms with Crippen LogP contribution in [0.2, 0.25) is 0 Å². The van der Waals surface area contributed by atoms with Gasteiger partial charge in [-0.2, -0.15) is 4.98 Å². The van der Waals surface area contributed by atoms with E-state index in [-0.39, 0.29) is 11.9 Å². The van der Waals surface area contributed by atoms with Gasteiger partial charge in [0.2, 0.25) is 5.91 Å². The van der Waals surface area contributed by atoms with Gasteiger partial charge in [0.25, 0.3) is 11.8 Å². The highest BCUT2D eigenvalue weighted by atomic mass is 16.5. The molecule has 1 N–H and O–H groups in total. The van der Waals surface area contributed by atoms with Crippen molar-refractivity contribution in [2.24, 2.45) is 0 Å². The third-order valence-corrected chi connectivity index (χ3v) is 4.55. The standard InChI is InChI=1S/C20H20N4O2/c1-14(16-9-5-10-17(13-16)24-12-6-11-18(24)25)21-20-22-19(26-23-20)15-7-3-2-4-8-15/h2-5,7-10,13-14H,6,11-12H2,1H3,(H,21,23). The van der Waals surface area contributed by atoms with Crippen LogP contribution in [-0.2, 0) is 4.79 Å². The van der Waals surface area contributed by atoms with Gasteiger partial charge in [-0.15, -0.1) is 0 Å². The van der Waals surface area contributed by atoms with Crippen LogP contribution in [0.1, 0.15) is 31.4 Å². The molecule has 1 atom stereocenters. The summed E-state index contributed by atoms with van der Waals surface area (Å²) < 4.78 is 5.33. The number of nitrogens with zero attached hydrogens (tertiary/aromatic N) is 3. The normalized spacial score (nSPS) is 15.3. The molecule has 2 aromatic carbocycles. The Kier molecular flexibility index (Phi) is 4.39. The molecule has 0 bridgehead atoms. The predicted octanol–water partition coefficient (Wildman–Crippen LogP) is 4.04. The molecule has 1 fully saturated rings. The molecule has 1 aliphatic rings. The molecule has 1 aliphatic heterocycles. The predicted molar refractivity (Wildman–Crippen MR) is 99.8 cm³/mol. The summed E-state index contributed by atoms with van der Waals surface area (Å²) in [5, 5.41) is 7.27. The van der Waals surface area contributed by atoms with Gasteiger partial charge in [0.05, 0.1) is 6.04 Å². The Morgan fingerprint density at radius 3 is 2.77 bits per heavy atom. The Hall–Kier alpha value is -3.15. The summed E-state index contributed by atoms with van der Waals surface area (Å²) >= 11 is 0. The van der Waals surface area contributed by atoms with E-state index in [1.54, 1.807) is 0 Å². The van der Waals surface area contributed by atoms with Crippen LogP contribution < -0.4 is 10.2 Å². The molecular weight excluding hydrogens is 328 g/mol. The molecule has 0 radical (unpaired) electrons. The highest BCUT2D eigenvalue weighted by molar-refractivity contribution is 5.95. The number of amides is 1. The van der Waals surface area contributed by atoms with Gasteiger partial charge in [-0.05, 0) is 48.3 Å². The molecule has 6 nitrogen and oxygen atoms in total. The van der Waals surface area contributed by atoms with Crippen molar-refractivity contribution in [1.82, 2.24) is 10.1 Å². The molecule has 1 saturated heterocycles. The minimum atomic E-state index is -0.0196. The van der Waals surface area contributed by atoms with E-state index in [4.69, 9.17) is 4.52 Å². The first kappa shape index (κ1) is 16.3. The Morgan fingerprint density at radius 2 is 2.00 bits per heavy atom. The van der Waals surface area contributed by atoms with Crippen molar-refractivity contribution < 1.29 is 9.32 Å². The molecule has 6 heteroatoms. The Bertz CT molecular complexity index is 907. The summed E-state index contributed by atoms with van der Waals surface area (Å²) in [6, 6.07) is 17.7. The second-order valence-electron chi connectivity index (χ2n) is 6.40. The van der Waals surface area contributed by atoms with Gasteiger partial charge in [0, 0.05) is 24.2 Å². The fourth-order valence-corrected chi connectivity index (χ4v) is 3.14. The maximum atomic E-state index is 12.0. The topological polar surface area (TPSA) is 71.3 Å². The number of rotatable bonds is 5. The summed E-state index contributed by atoms with van der Waals surface area (Å²) in [7, 11) is 0. The molecule has 0 saturated carbocycles. The number of aromatic nitrogens is 2. The Morgan fingerprint density at radius 1 is 1.15 bits per heavy atom. The SMILES string of the molecule is CC(Nc1noc(-c2ccccc2)n1)c1cccc(N2CCCC2=O)c1. The molecular formula is C20H20N4O2. The maximum absolute atomic E-state index is 12.0. The van der Waals surface area contributed by atoms with Crippen LogP contribution in [0.15, 0.2) is 59.1 Å². The summed E-state index contributed by atoms with van der Waals surface area (Å²) in [6.07, 6.45) is 1.55. The van der Waals surface area contributed by atoms with Crippen LogP contribution in [0.4, 0.5) is 11.6 Å². The van der Waals surface area contributed by atoms with Crippen LogP contribution >= 0.6 is 0 Å². The number of nitrogens with one attached hydrogen (secondary N) is 1. The molecule has 4 rings (SSSR count). The molecule has 1 unspecified atom stereocenters. The monoisotopic (exact) mass is 348 g/mol. The third-order valence-electron chi connectivity index (χ3n) is 4.55. The molecule has 3 aromatic rings. The minimum Gasteiger partial charge on any atom is -0.345 e. The van der Waals surface area contributed by atoms with Gasteiger partial charge in [-0.1, -0.05) is 30.3 Å². The second-order valence-corrected chi connectivity index (χ2v) is 6.40. The van der Waals surface area contributed by atoms with E-state index >= 15 is 0 Å². The van der Waals surface area contributed by atoms with Crippen molar-refractivity contribution in [2.75, 3.05) is 16.8 Å². The van der Waals surface area contributed by atoms with Gasteiger partial charge in [0.1, 0.15) is 0 Å². The van der Waals surface area contributed by atoms with E-state index in [1.807, 2.05) is 66.4 Å². The van der Waals surface area contributed by atoms with Gasteiger partial charge in [-0.25, -0.2) is 0 Å². The largest absolute Gasteiger partial charge is 0.345 e. The zero-order valence-corrected chi connectivity index (χ0v) is 14.6. The van der Waals surface area contributed by atoms with Crippen molar-refractivity contribution in [2.45, 2.75) is 25.8 Å². The first-order chi connectivity index (χ1) is 12.7. The second kappa shape index (κ2) is 7.00. The highest BCUT2D eigenvalue weighted by Gasteiger charge is 2.22. The lowest BCUT2D eigenvalue weighted by Crippen LogP contribution is -2.23. The van der Waals surface area contributed by atoms with Gasteiger partial charge in [0.15, 0.2) is 0 Å². The summed E-state index contributed by atoms with van der Waals surface area (Å²) in [5.74, 6) is 1.11. The lowest BCUT2D eigenvalue weighted by Gasteiger charge is -2.19. The lowest BCUT2D eigenvalue weighted by atomic mass is 10.1. The van der Waals surface area contributed by atoms with E-state index in [0.717, 1.165) is 29.8 Å².